The standard InChI is InChI=1S/C15H23F3N2O/c1-11(10-21-4)20(3)9-14(19-2)12-6-5-7-13(8-12)15(16,17)18/h5-8,11,14,19H,9-10H2,1-4H3. The van der Waals surface area contributed by atoms with E-state index in [0.717, 1.165) is 6.07 Å². The third-order valence-electron chi connectivity index (χ3n) is 3.60. The molecular formula is C15H23F3N2O. The number of hydrogen-bond donors (Lipinski definition) is 1. The molecule has 0 spiro atoms. The highest BCUT2D eigenvalue weighted by Gasteiger charge is 2.31. The third kappa shape index (κ3) is 5.30. The van der Waals surface area contributed by atoms with Crippen LogP contribution in [0.15, 0.2) is 24.3 Å². The van der Waals surface area contributed by atoms with Gasteiger partial charge in [-0.25, -0.2) is 0 Å². The van der Waals surface area contributed by atoms with Crippen molar-refractivity contribution >= 4 is 0 Å². The highest BCUT2D eigenvalue weighted by molar-refractivity contribution is 5.28. The van der Waals surface area contributed by atoms with Crippen LogP contribution >= 0.6 is 0 Å². The highest BCUT2D eigenvalue weighted by Crippen LogP contribution is 2.30. The Balaban J connectivity index is 2.85. The maximum Gasteiger partial charge on any atom is 0.416 e. The van der Waals surface area contributed by atoms with Gasteiger partial charge in [-0.2, -0.15) is 13.2 Å². The lowest BCUT2D eigenvalue weighted by Gasteiger charge is -2.29. The molecule has 1 N–H and O–H groups in total. The molecule has 0 aliphatic carbocycles. The molecule has 1 aromatic rings. The van der Waals surface area contributed by atoms with E-state index in [1.165, 1.54) is 12.1 Å². The van der Waals surface area contributed by atoms with Crippen LogP contribution in [0.5, 0.6) is 0 Å². The number of nitrogens with zero attached hydrogens (tertiary/aromatic N) is 1. The van der Waals surface area contributed by atoms with Crippen LogP contribution in [0.3, 0.4) is 0 Å². The zero-order valence-electron chi connectivity index (χ0n) is 12.9. The molecular weight excluding hydrogens is 281 g/mol. The SMILES string of the molecule is CNC(CN(C)C(C)COC)c1cccc(C(F)(F)F)c1. The van der Waals surface area contributed by atoms with Crippen LogP contribution in [-0.4, -0.2) is 45.3 Å². The van der Waals surface area contributed by atoms with E-state index >= 15 is 0 Å². The first kappa shape index (κ1) is 17.9. The van der Waals surface area contributed by atoms with Gasteiger partial charge >= 0.3 is 6.18 Å². The first-order valence-electron chi connectivity index (χ1n) is 6.83. The number of halogens is 3. The molecule has 0 bridgehead atoms. The number of methoxy groups -OCH3 is 1. The van der Waals surface area contributed by atoms with Crippen LogP contribution in [0.25, 0.3) is 0 Å². The molecule has 0 fully saturated rings. The van der Waals surface area contributed by atoms with E-state index in [4.69, 9.17) is 4.74 Å². The molecule has 6 heteroatoms. The second kappa shape index (κ2) is 7.77. The van der Waals surface area contributed by atoms with E-state index in [9.17, 15) is 13.2 Å². The Morgan fingerprint density at radius 3 is 2.52 bits per heavy atom. The predicted octanol–water partition coefficient (Wildman–Crippen LogP) is 2.93. The normalized spacial score (nSPS) is 15.2. The second-order valence-corrected chi connectivity index (χ2v) is 5.21. The van der Waals surface area contributed by atoms with E-state index in [1.54, 1.807) is 20.2 Å². The van der Waals surface area contributed by atoms with Gasteiger partial charge in [0.05, 0.1) is 12.2 Å². The number of hydrogen-bond acceptors (Lipinski definition) is 3. The Kier molecular flexibility index (Phi) is 6.64. The summed E-state index contributed by atoms with van der Waals surface area (Å²) in [7, 11) is 5.31. The van der Waals surface area contributed by atoms with E-state index < -0.39 is 11.7 Å². The van der Waals surface area contributed by atoms with Crippen molar-refractivity contribution in [1.29, 1.82) is 0 Å². The van der Waals surface area contributed by atoms with Gasteiger partial charge in [-0.05, 0) is 38.7 Å². The zero-order chi connectivity index (χ0) is 16.0. The zero-order valence-corrected chi connectivity index (χ0v) is 12.9. The molecule has 0 radical (unpaired) electrons. The largest absolute Gasteiger partial charge is 0.416 e. The van der Waals surface area contributed by atoms with Crippen LogP contribution in [0.2, 0.25) is 0 Å². The third-order valence-corrected chi connectivity index (χ3v) is 3.60. The summed E-state index contributed by atoms with van der Waals surface area (Å²) in [5.41, 5.74) is 0.0108. The van der Waals surface area contributed by atoms with Gasteiger partial charge in [0.15, 0.2) is 0 Å². The van der Waals surface area contributed by atoms with Crippen molar-refractivity contribution in [2.45, 2.75) is 25.2 Å². The number of ether oxygens (including phenoxy) is 1. The quantitative estimate of drug-likeness (QED) is 0.838. The summed E-state index contributed by atoms with van der Waals surface area (Å²) in [5.74, 6) is 0. The Bertz CT molecular complexity index is 437. The van der Waals surface area contributed by atoms with Crippen molar-refractivity contribution in [3.63, 3.8) is 0 Å². The number of likely N-dealkylation sites (N-methyl/N-ethyl adjacent to an activating group) is 2. The molecule has 0 amide bonds. The lowest BCUT2D eigenvalue weighted by Crippen LogP contribution is -2.38. The minimum Gasteiger partial charge on any atom is -0.383 e. The molecule has 0 saturated carbocycles. The minimum atomic E-state index is -4.32. The Morgan fingerprint density at radius 1 is 1.33 bits per heavy atom. The molecule has 0 heterocycles. The van der Waals surface area contributed by atoms with Gasteiger partial charge in [0.2, 0.25) is 0 Å². The molecule has 0 aliphatic rings. The lowest BCUT2D eigenvalue weighted by atomic mass is 10.0. The van der Waals surface area contributed by atoms with Crippen LogP contribution < -0.4 is 5.32 Å². The fraction of sp³-hybridized carbons (Fsp3) is 0.600. The molecule has 1 rings (SSSR count). The second-order valence-electron chi connectivity index (χ2n) is 5.21. The molecule has 0 aliphatic heterocycles. The van der Waals surface area contributed by atoms with Crippen LogP contribution in [0, 0.1) is 0 Å². The van der Waals surface area contributed by atoms with Crippen molar-refractivity contribution in [1.82, 2.24) is 10.2 Å². The predicted molar refractivity (Wildman–Crippen MR) is 77.2 cm³/mol. The smallest absolute Gasteiger partial charge is 0.383 e. The molecule has 21 heavy (non-hydrogen) atoms. The van der Waals surface area contributed by atoms with Gasteiger partial charge in [0, 0.05) is 25.7 Å². The van der Waals surface area contributed by atoms with Gasteiger partial charge in [0.25, 0.3) is 0 Å². The van der Waals surface area contributed by atoms with Gasteiger partial charge in [-0.3, -0.25) is 4.90 Å². The number of nitrogens with one attached hydrogen (secondary N) is 1. The minimum absolute atomic E-state index is 0.170. The average molecular weight is 304 g/mol. The van der Waals surface area contributed by atoms with Gasteiger partial charge in [-0.15, -0.1) is 0 Å². The van der Waals surface area contributed by atoms with E-state index in [-0.39, 0.29) is 12.1 Å². The number of rotatable bonds is 7. The molecule has 2 unspecified atom stereocenters. The number of benzene rings is 1. The van der Waals surface area contributed by atoms with Crippen molar-refractivity contribution in [2.75, 3.05) is 34.4 Å². The van der Waals surface area contributed by atoms with E-state index in [2.05, 4.69) is 10.2 Å². The molecule has 2 atom stereocenters. The summed E-state index contributed by atoms with van der Waals surface area (Å²) < 4.78 is 43.4. The van der Waals surface area contributed by atoms with Gasteiger partial charge in [0.1, 0.15) is 0 Å². The average Bonchev–Trinajstić information content (AvgIpc) is 2.44. The first-order chi connectivity index (χ1) is 9.79. The van der Waals surface area contributed by atoms with Crippen LogP contribution in [-0.2, 0) is 10.9 Å². The maximum absolute atomic E-state index is 12.8. The van der Waals surface area contributed by atoms with Crippen molar-refractivity contribution in [3.05, 3.63) is 35.4 Å². The van der Waals surface area contributed by atoms with E-state index in [1.807, 2.05) is 14.0 Å². The summed E-state index contributed by atoms with van der Waals surface area (Å²) in [6, 6.07) is 5.48. The summed E-state index contributed by atoms with van der Waals surface area (Å²) in [6.07, 6.45) is -4.32. The summed E-state index contributed by atoms with van der Waals surface area (Å²) in [5, 5.41) is 3.08. The van der Waals surface area contributed by atoms with Crippen molar-refractivity contribution in [3.8, 4) is 0 Å². The van der Waals surface area contributed by atoms with Crippen LogP contribution in [0.1, 0.15) is 24.1 Å². The monoisotopic (exact) mass is 304 g/mol. The van der Waals surface area contributed by atoms with E-state index in [0.29, 0.717) is 18.7 Å². The maximum atomic E-state index is 12.8. The Morgan fingerprint density at radius 2 is 2.00 bits per heavy atom. The van der Waals surface area contributed by atoms with Crippen LogP contribution in [0.4, 0.5) is 13.2 Å². The number of alkyl halides is 3. The molecule has 1 aromatic carbocycles. The molecule has 120 valence electrons. The molecule has 3 nitrogen and oxygen atoms in total. The molecule has 0 aromatic heterocycles. The topological polar surface area (TPSA) is 24.5 Å². The summed E-state index contributed by atoms with van der Waals surface area (Å²) in [4.78, 5) is 2.06. The summed E-state index contributed by atoms with van der Waals surface area (Å²) in [6.45, 7) is 3.19. The fourth-order valence-corrected chi connectivity index (χ4v) is 2.13. The van der Waals surface area contributed by atoms with Gasteiger partial charge in [-0.1, -0.05) is 12.1 Å². The fourth-order valence-electron chi connectivity index (χ4n) is 2.13. The Hall–Kier alpha value is -1.11. The van der Waals surface area contributed by atoms with Gasteiger partial charge < -0.3 is 10.1 Å². The Labute approximate surface area is 124 Å². The molecule has 0 saturated heterocycles. The van der Waals surface area contributed by atoms with Crippen molar-refractivity contribution < 1.29 is 17.9 Å². The highest BCUT2D eigenvalue weighted by atomic mass is 19.4. The van der Waals surface area contributed by atoms with Crippen molar-refractivity contribution in [2.24, 2.45) is 0 Å². The first-order valence-corrected chi connectivity index (χ1v) is 6.83. The lowest BCUT2D eigenvalue weighted by molar-refractivity contribution is -0.137. The summed E-state index contributed by atoms with van der Waals surface area (Å²) >= 11 is 0.